The topological polar surface area (TPSA) is 183 Å². The van der Waals surface area contributed by atoms with Gasteiger partial charge in [0.2, 0.25) is 0 Å². The van der Waals surface area contributed by atoms with Crippen LogP contribution in [0, 0.1) is 5.41 Å². The van der Waals surface area contributed by atoms with Crippen molar-refractivity contribution in [2.45, 2.75) is 117 Å². The smallest absolute Gasteiger partial charge is 0.408 e. The van der Waals surface area contributed by atoms with Crippen LogP contribution >= 0.6 is 0 Å². The third kappa shape index (κ3) is 10.8. The van der Waals surface area contributed by atoms with E-state index in [0.29, 0.717) is 58.1 Å². The van der Waals surface area contributed by atoms with Gasteiger partial charge in [-0.15, -0.1) is 0 Å². The number of aromatic nitrogens is 2. The zero-order valence-electron chi connectivity index (χ0n) is 39.0. The Hall–Kier alpha value is -4.52. The van der Waals surface area contributed by atoms with Crippen LogP contribution in [0.1, 0.15) is 85.1 Å². The minimum Gasteiger partial charge on any atom is -0.480 e. The fourth-order valence-electron chi connectivity index (χ4n) is 9.54. The Morgan fingerprint density at radius 2 is 1.80 bits per heavy atom. The number of amides is 2. The van der Waals surface area contributed by atoms with Crippen molar-refractivity contribution in [2.24, 2.45) is 5.41 Å². The van der Waals surface area contributed by atoms with Crippen LogP contribution in [0.4, 0.5) is 16.2 Å². The van der Waals surface area contributed by atoms with Gasteiger partial charge in [-0.2, -0.15) is 0 Å². The van der Waals surface area contributed by atoms with Gasteiger partial charge >= 0.3 is 12.1 Å². The lowest BCUT2D eigenvalue weighted by Gasteiger charge is -2.44. The van der Waals surface area contributed by atoms with E-state index >= 15 is 0 Å². The lowest BCUT2D eigenvalue weighted by atomic mass is 9.84. The quantitative estimate of drug-likeness (QED) is 0.177. The number of alkyl carbamates (subject to hydrolysis) is 1. The molecule has 0 bridgehead atoms. The van der Waals surface area contributed by atoms with Gasteiger partial charge in [-0.25, -0.2) is 10.2 Å². The molecule has 6 heterocycles. The van der Waals surface area contributed by atoms with Gasteiger partial charge in [0.25, 0.3) is 5.91 Å². The normalized spacial score (nSPS) is 22.3. The molecular formula is C47H70N8O9. The molecule has 17 heteroatoms. The summed E-state index contributed by atoms with van der Waals surface area (Å²) in [5, 5.41) is 25.5. The second kappa shape index (κ2) is 19.9. The molecule has 4 fully saturated rings. The zero-order valence-corrected chi connectivity index (χ0v) is 39.0. The number of anilines is 2. The Labute approximate surface area is 377 Å². The van der Waals surface area contributed by atoms with Crippen molar-refractivity contribution in [3.8, 4) is 11.3 Å². The summed E-state index contributed by atoms with van der Waals surface area (Å²) in [4.78, 5) is 51.3. The molecule has 4 N–H and O–H groups in total. The fraction of sp³-hybridized carbons (Fsp3) is 0.660. The number of methoxy groups -OCH3 is 1. The Morgan fingerprint density at radius 3 is 2.52 bits per heavy atom. The number of hydrazine groups is 1. The van der Waals surface area contributed by atoms with Crippen LogP contribution in [0.15, 0.2) is 30.5 Å². The first kappa shape index (κ1) is 47.4. The van der Waals surface area contributed by atoms with Gasteiger partial charge in [0, 0.05) is 94.6 Å². The number of carboxylic acid groups (broad SMARTS) is 1. The number of carbonyl (C=O) groups is 3. The van der Waals surface area contributed by atoms with Gasteiger partial charge in [-0.05, 0) is 89.1 Å². The van der Waals surface area contributed by atoms with Gasteiger partial charge in [0.15, 0.2) is 0 Å². The number of nitrogens with one attached hydrogen (secondary N) is 2. The molecule has 64 heavy (non-hydrogen) atoms. The van der Waals surface area contributed by atoms with Crippen molar-refractivity contribution in [1.82, 2.24) is 30.2 Å². The number of ether oxygens (including phenoxy) is 4. The van der Waals surface area contributed by atoms with Gasteiger partial charge in [0.1, 0.15) is 17.7 Å². The van der Waals surface area contributed by atoms with Gasteiger partial charge in [-0.1, -0.05) is 13.8 Å². The number of aryl methyl sites for hydroxylation is 1. The molecule has 4 aliphatic heterocycles. The molecule has 3 aromatic rings. The standard InChI is InChI=1S/C47H70N8O9/c1-9-54-40-13-12-31(53-18-20-63-34(27-53)23-39(49-45(60)64-46(3,4)5)43(57)55-14-10-11-38(50-55)44(58)59)21-35(40)37(24-47(6,7)29-56)42(54)36-22-32(25-48-41(36)30(2)61-8)52-16-15-51-17-19-62-28-33(51)26-52/h12-13,21-22,25,30,33-34,38-39,50,56H,9-11,14-20,23-24,26-29H2,1-8H3,(H,49,60)(H,58,59)/t30-,33?,34?,38?,39?/m0/s1. The molecule has 2 amide bonds. The number of rotatable bonds is 14. The average Bonchev–Trinajstić information content (AvgIpc) is 3.58. The van der Waals surface area contributed by atoms with E-state index in [0.717, 1.165) is 84.2 Å². The number of piperazine rings is 1. The number of hydrogen-bond donors (Lipinski definition) is 4. The predicted octanol–water partition coefficient (Wildman–Crippen LogP) is 4.58. The molecule has 0 saturated carbocycles. The summed E-state index contributed by atoms with van der Waals surface area (Å²) in [5.74, 6) is -1.49. The monoisotopic (exact) mass is 891 g/mol. The molecule has 17 nitrogen and oxygen atoms in total. The predicted molar refractivity (Wildman–Crippen MR) is 244 cm³/mol. The van der Waals surface area contributed by atoms with E-state index in [2.05, 4.69) is 75.0 Å². The van der Waals surface area contributed by atoms with E-state index in [1.807, 2.05) is 13.1 Å². The number of fused-ring (bicyclic) bond motifs is 2. The highest BCUT2D eigenvalue weighted by Crippen LogP contribution is 2.43. The van der Waals surface area contributed by atoms with Crippen LogP contribution in [-0.4, -0.2) is 157 Å². The maximum Gasteiger partial charge on any atom is 0.408 e. The maximum absolute atomic E-state index is 14.0. The minimum atomic E-state index is -1.04. The number of nitrogens with zero attached hydrogens (tertiary/aromatic N) is 6. The largest absolute Gasteiger partial charge is 0.480 e. The Bertz CT molecular complexity index is 2140. The molecule has 0 spiro atoms. The van der Waals surface area contributed by atoms with Gasteiger partial charge in [-0.3, -0.25) is 24.5 Å². The molecule has 0 radical (unpaired) electrons. The molecule has 1 aromatic carbocycles. The Balaban J connectivity index is 1.23. The van der Waals surface area contributed by atoms with Crippen LogP contribution < -0.4 is 20.5 Å². The van der Waals surface area contributed by atoms with Crippen molar-refractivity contribution in [3.63, 3.8) is 0 Å². The first-order chi connectivity index (χ1) is 30.5. The molecule has 4 aliphatic rings. The number of hydrogen-bond acceptors (Lipinski definition) is 13. The summed E-state index contributed by atoms with van der Waals surface area (Å²) in [6.07, 6.45) is 2.16. The molecule has 7 rings (SSSR count). The summed E-state index contributed by atoms with van der Waals surface area (Å²) in [5.41, 5.74) is 8.77. The molecule has 4 unspecified atom stereocenters. The molecule has 5 atom stereocenters. The van der Waals surface area contributed by atoms with Crippen LogP contribution in [0.2, 0.25) is 0 Å². The summed E-state index contributed by atoms with van der Waals surface area (Å²) in [7, 11) is 1.71. The van der Waals surface area contributed by atoms with E-state index in [9.17, 15) is 24.6 Å². The number of carbonyl (C=O) groups excluding carboxylic acids is 2. The Morgan fingerprint density at radius 1 is 1.02 bits per heavy atom. The highest BCUT2D eigenvalue weighted by Gasteiger charge is 2.37. The summed E-state index contributed by atoms with van der Waals surface area (Å²) < 4.78 is 26.0. The third-order valence-electron chi connectivity index (χ3n) is 13.0. The van der Waals surface area contributed by atoms with Crippen LogP contribution in [0.3, 0.4) is 0 Å². The number of morpholine rings is 2. The molecular weight excluding hydrogens is 821 g/mol. The second-order valence-electron chi connectivity index (χ2n) is 19.5. The highest BCUT2D eigenvalue weighted by molar-refractivity contribution is 5.95. The number of aliphatic hydroxyl groups is 1. The average molecular weight is 891 g/mol. The van der Waals surface area contributed by atoms with Crippen LogP contribution in [0.5, 0.6) is 0 Å². The number of aliphatic carboxylic acids is 1. The van der Waals surface area contributed by atoms with Crippen molar-refractivity contribution < 1.29 is 43.5 Å². The lowest BCUT2D eigenvalue weighted by Crippen LogP contribution is -2.61. The molecule has 352 valence electrons. The van der Waals surface area contributed by atoms with Crippen molar-refractivity contribution >= 4 is 40.2 Å². The van der Waals surface area contributed by atoms with Gasteiger partial charge in [0.05, 0.1) is 61.3 Å². The summed E-state index contributed by atoms with van der Waals surface area (Å²) in [6.45, 7) is 21.3. The number of pyridine rings is 1. The van der Waals surface area contributed by atoms with E-state index in [1.54, 1.807) is 27.9 Å². The molecule has 0 aliphatic carbocycles. The van der Waals surface area contributed by atoms with E-state index in [4.69, 9.17) is 23.9 Å². The van der Waals surface area contributed by atoms with E-state index in [1.165, 1.54) is 5.01 Å². The molecule has 2 aromatic heterocycles. The van der Waals surface area contributed by atoms with Crippen molar-refractivity contribution in [1.29, 1.82) is 0 Å². The number of aliphatic hydroxyl groups excluding tert-OH is 1. The molecule has 4 saturated heterocycles. The zero-order chi connectivity index (χ0) is 45.9. The van der Waals surface area contributed by atoms with E-state index < -0.39 is 47.2 Å². The van der Waals surface area contributed by atoms with Crippen LogP contribution in [-0.2, 0) is 41.5 Å². The van der Waals surface area contributed by atoms with Crippen molar-refractivity contribution in [2.75, 3.05) is 89.2 Å². The minimum absolute atomic E-state index is 0.00452. The lowest BCUT2D eigenvalue weighted by molar-refractivity contribution is -0.148. The summed E-state index contributed by atoms with van der Waals surface area (Å²) in [6, 6.07) is 7.21. The SMILES string of the molecule is CCn1c(-c2cc(N3CCN4CCOCC4C3)cnc2[C@H](C)OC)c(CC(C)(C)CO)c2cc(N3CCOC(CC(NC(=O)OC(C)(C)C)C(=O)N4CCCC(C(=O)O)N4)C3)ccc21. The first-order valence-electron chi connectivity index (χ1n) is 23.0. The van der Waals surface area contributed by atoms with E-state index in [-0.39, 0.29) is 19.1 Å². The highest BCUT2D eigenvalue weighted by atomic mass is 16.6. The summed E-state index contributed by atoms with van der Waals surface area (Å²) >= 11 is 0. The second-order valence-corrected chi connectivity index (χ2v) is 19.5. The van der Waals surface area contributed by atoms with Crippen molar-refractivity contribution in [3.05, 3.63) is 41.7 Å². The third-order valence-corrected chi connectivity index (χ3v) is 13.0. The van der Waals surface area contributed by atoms with Gasteiger partial charge < -0.3 is 48.8 Å². The maximum atomic E-state index is 14.0. The number of benzene rings is 1. The Kier molecular flexibility index (Phi) is 14.8. The number of carboxylic acids is 1. The van der Waals surface area contributed by atoms with Crippen LogP contribution in [0.25, 0.3) is 22.2 Å². The fourth-order valence-corrected chi connectivity index (χ4v) is 9.54. The first-order valence-corrected chi connectivity index (χ1v) is 23.0.